The molecule has 0 saturated heterocycles. The quantitative estimate of drug-likeness (QED) is 0.556. The number of aliphatic hydroxyl groups excluding tert-OH is 2. The second kappa shape index (κ2) is 10.7. The molecule has 0 spiro atoms. The molecule has 0 radical (unpaired) electrons. The molecule has 0 heterocycles. The van der Waals surface area contributed by atoms with Gasteiger partial charge >= 0.3 is 12.1 Å². The Kier molecular flexibility index (Phi) is 9.04. The molecule has 0 aliphatic carbocycles. The highest BCUT2D eigenvalue weighted by Gasteiger charge is 2.17. The van der Waals surface area contributed by atoms with Gasteiger partial charge in [-0.25, -0.2) is 9.59 Å². The van der Waals surface area contributed by atoms with Gasteiger partial charge in [-0.2, -0.15) is 0 Å². The van der Waals surface area contributed by atoms with E-state index in [1.165, 1.54) is 9.80 Å². The highest BCUT2D eigenvalue weighted by molar-refractivity contribution is 5.93. The van der Waals surface area contributed by atoms with Crippen molar-refractivity contribution < 1.29 is 19.8 Å². The number of rotatable bonds is 8. The molecule has 152 valence electrons. The van der Waals surface area contributed by atoms with E-state index in [0.717, 1.165) is 5.56 Å². The largest absolute Gasteiger partial charge is 0.392 e. The Balaban J connectivity index is 2.87. The van der Waals surface area contributed by atoms with Crippen LogP contribution >= 0.6 is 0 Å². The first kappa shape index (κ1) is 22.7. The van der Waals surface area contributed by atoms with Crippen molar-refractivity contribution in [2.75, 3.05) is 36.8 Å². The first-order valence-corrected chi connectivity index (χ1v) is 9.26. The van der Waals surface area contributed by atoms with Crippen molar-refractivity contribution in [1.29, 1.82) is 0 Å². The monoisotopic (exact) mass is 380 g/mol. The van der Waals surface area contributed by atoms with Gasteiger partial charge in [0.05, 0.1) is 12.2 Å². The first-order chi connectivity index (χ1) is 12.7. The number of hydrogen-bond acceptors (Lipinski definition) is 4. The van der Waals surface area contributed by atoms with Gasteiger partial charge in [0.1, 0.15) is 0 Å². The number of nitrogens with zero attached hydrogens (tertiary/aromatic N) is 2. The lowest BCUT2D eigenvalue weighted by atomic mass is 10.2. The smallest absolute Gasteiger partial charge is 0.321 e. The molecule has 0 aromatic heterocycles. The summed E-state index contributed by atoms with van der Waals surface area (Å²) < 4.78 is 0. The molecule has 4 amide bonds. The molecule has 8 heteroatoms. The Bertz CT molecular complexity index is 634. The van der Waals surface area contributed by atoms with Crippen molar-refractivity contribution in [3.05, 3.63) is 23.8 Å². The molecular formula is C19H32N4O4. The number of benzene rings is 1. The van der Waals surface area contributed by atoms with Crippen molar-refractivity contribution in [2.24, 2.45) is 0 Å². The van der Waals surface area contributed by atoms with E-state index in [-0.39, 0.29) is 25.2 Å². The summed E-state index contributed by atoms with van der Waals surface area (Å²) in [5.41, 5.74) is 1.98. The number of amides is 4. The van der Waals surface area contributed by atoms with E-state index in [0.29, 0.717) is 24.5 Å². The number of carbonyl (C=O) groups is 2. The van der Waals surface area contributed by atoms with Crippen molar-refractivity contribution in [3.63, 3.8) is 0 Å². The Morgan fingerprint density at radius 1 is 0.963 bits per heavy atom. The SMILES string of the molecule is CCN(C[C@@H](C)O)C(=O)Nc1ccc(C)c(NC(=O)N(CC)C[C@H](C)O)c1. The van der Waals surface area contributed by atoms with Crippen LogP contribution in [0.2, 0.25) is 0 Å². The van der Waals surface area contributed by atoms with Gasteiger partial charge in [0.2, 0.25) is 0 Å². The number of urea groups is 2. The standard InChI is InChI=1S/C19H32N4O4/c1-6-22(11-14(4)24)18(26)20-16-9-8-13(3)17(10-16)21-19(27)23(7-2)12-15(5)25/h8-10,14-15,24-25H,6-7,11-12H2,1-5H3,(H,20,26)(H,21,27)/t14-,15+/m1/s1. The minimum absolute atomic E-state index is 0.239. The minimum atomic E-state index is -0.614. The molecule has 1 aromatic carbocycles. The molecule has 0 aliphatic heterocycles. The van der Waals surface area contributed by atoms with E-state index in [4.69, 9.17) is 0 Å². The van der Waals surface area contributed by atoms with E-state index in [1.54, 1.807) is 32.0 Å². The van der Waals surface area contributed by atoms with Crippen LogP contribution in [-0.2, 0) is 0 Å². The van der Waals surface area contributed by atoms with Gasteiger partial charge in [0.25, 0.3) is 0 Å². The van der Waals surface area contributed by atoms with Gasteiger partial charge < -0.3 is 30.6 Å². The molecule has 0 bridgehead atoms. The summed E-state index contributed by atoms with van der Waals surface area (Å²) in [6, 6.07) is 4.63. The normalized spacial score (nSPS) is 12.9. The molecule has 4 N–H and O–H groups in total. The molecule has 27 heavy (non-hydrogen) atoms. The predicted octanol–water partition coefficient (Wildman–Crippen LogP) is 2.46. The molecule has 1 rings (SSSR count). The lowest BCUT2D eigenvalue weighted by Crippen LogP contribution is -2.39. The van der Waals surface area contributed by atoms with Crippen LogP contribution in [0.3, 0.4) is 0 Å². The number of aryl methyl sites for hydroxylation is 1. The number of nitrogens with one attached hydrogen (secondary N) is 2. The van der Waals surface area contributed by atoms with Gasteiger partial charge in [-0.15, -0.1) is 0 Å². The van der Waals surface area contributed by atoms with Crippen LogP contribution < -0.4 is 10.6 Å². The summed E-state index contributed by atoms with van der Waals surface area (Å²) in [7, 11) is 0. The first-order valence-electron chi connectivity index (χ1n) is 9.26. The van der Waals surface area contributed by atoms with Crippen molar-refractivity contribution in [2.45, 2.75) is 46.8 Å². The van der Waals surface area contributed by atoms with E-state index in [2.05, 4.69) is 10.6 Å². The maximum absolute atomic E-state index is 12.4. The van der Waals surface area contributed by atoms with Crippen molar-refractivity contribution >= 4 is 23.4 Å². The van der Waals surface area contributed by atoms with Crippen LogP contribution in [0.4, 0.5) is 21.0 Å². The lowest BCUT2D eigenvalue weighted by Gasteiger charge is -2.24. The Morgan fingerprint density at radius 3 is 1.89 bits per heavy atom. The van der Waals surface area contributed by atoms with Crippen LogP contribution in [-0.4, -0.2) is 70.5 Å². The molecule has 2 atom stereocenters. The van der Waals surface area contributed by atoms with Crippen LogP contribution in [0.25, 0.3) is 0 Å². The van der Waals surface area contributed by atoms with E-state index < -0.39 is 12.2 Å². The van der Waals surface area contributed by atoms with E-state index in [9.17, 15) is 19.8 Å². The summed E-state index contributed by atoms with van der Waals surface area (Å²) in [6.45, 7) is 10.2. The number of likely N-dealkylation sites (N-methyl/N-ethyl adjacent to an activating group) is 2. The highest BCUT2D eigenvalue weighted by atomic mass is 16.3. The predicted molar refractivity (Wildman–Crippen MR) is 107 cm³/mol. The fourth-order valence-corrected chi connectivity index (χ4v) is 2.58. The third kappa shape index (κ3) is 7.44. The zero-order chi connectivity index (χ0) is 20.6. The number of carbonyl (C=O) groups excluding carboxylic acids is 2. The third-order valence-corrected chi connectivity index (χ3v) is 4.04. The zero-order valence-electron chi connectivity index (χ0n) is 16.8. The van der Waals surface area contributed by atoms with Crippen LogP contribution in [0.5, 0.6) is 0 Å². The van der Waals surface area contributed by atoms with Gasteiger partial charge in [-0.3, -0.25) is 0 Å². The fraction of sp³-hybridized carbons (Fsp3) is 0.579. The van der Waals surface area contributed by atoms with Gasteiger partial charge in [0, 0.05) is 37.6 Å². The lowest BCUT2D eigenvalue weighted by molar-refractivity contribution is 0.141. The molecule has 0 unspecified atom stereocenters. The van der Waals surface area contributed by atoms with Crippen LogP contribution in [0.15, 0.2) is 18.2 Å². The second-order valence-electron chi connectivity index (χ2n) is 6.67. The summed E-state index contributed by atoms with van der Waals surface area (Å²) in [4.78, 5) is 27.8. The van der Waals surface area contributed by atoms with Crippen LogP contribution in [0, 0.1) is 6.92 Å². The van der Waals surface area contributed by atoms with Gasteiger partial charge in [-0.05, 0) is 52.3 Å². The molecular weight excluding hydrogens is 348 g/mol. The maximum Gasteiger partial charge on any atom is 0.321 e. The zero-order valence-corrected chi connectivity index (χ0v) is 16.8. The summed E-state index contributed by atoms with van der Waals surface area (Å²) in [5.74, 6) is 0. The minimum Gasteiger partial charge on any atom is -0.392 e. The van der Waals surface area contributed by atoms with Crippen LogP contribution in [0.1, 0.15) is 33.3 Å². The molecule has 0 saturated carbocycles. The van der Waals surface area contributed by atoms with E-state index in [1.807, 2.05) is 20.8 Å². The average molecular weight is 380 g/mol. The molecule has 1 aromatic rings. The summed E-state index contributed by atoms with van der Waals surface area (Å²) >= 11 is 0. The number of anilines is 2. The molecule has 0 aliphatic rings. The maximum atomic E-state index is 12.4. The molecule has 8 nitrogen and oxygen atoms in total. The average Bonchev–Trinajstić information content (AvgIpc) is 2.59. The molecule has 0 fully saturated rings. The number of hydrogen-bond donors (Lipinski definition) is 4. The van der Waals surface area contributed by atoms with Gasteiger partial charge in [-0.1, -0.05) is 6.07 Å². The third-order valence-electron chi connectivity index (χ3n) is 4.04. The van der Waals surface area contributed by atoms with Crippen molar-refractivity contribution in [1.82, 2.24) is 9.80 Å². The van der Waals surface area contributed by atoms with Gasteiger partial charge in [0.15, 0.2) is 0 Å². The topological polar surface area (TPSA) is 105 Å². The summed E-state index contributed by atoms with van der Waals surface area (Å²) in [6.07, 6.45) is -1.23. The second-order valence-corrected chi connectivity index (χ2v) is 6.67. The van der Waals surface area contributed by atoms with E-state index >= 15 is 0 Å². The Labute approximate surface area is 161 Å². The number of aliphatic hydroxyl groups is 2. The van der Waals surface area contributed by atoms with Crippen molar-refractivity contribution in [3.8, 4) is 0 Å². The fourth-order valence-electron chi connectivity index (χ4n) is 2.58. The Hall–Kier alpha value is -2.32. The Morgan fingerprint density at radius 2 is 1.44 bits per heavy atom. The summed E-state index contributed by atoms with van der Waals surface area (Å²) in [5, 5.41) is 24.6. The highest BCUT2D eigenvalue weighted by Crippen LogP contribution is 2.21.